The maximum absolute atomic E-state index is 12.6. The number of nitrogens with zero attached hydrogens (tertiary/aromatic N) is 3. The third-order valence-electron chi connectivity index (χ3n) is 5.49. The average molecular weight is 474 g/mol. The molecule has 7 nitrogen and oxygen atoms in total. The molecular formula is C25H25BN3O4S+. The lowest BCUT2D eigenvalue weighted by atomic mass is 10.1. The van der Waals surface area contributed by atoms with E-state index in [0.29, 0.717) is 17.6 Å². The van der Waals surface area contributed by atoms with Crippen LogP contribution in [-0.4, -0.2) is 38.5 Å². The lowest BCUT2D eigenvalue weighted by Crippen LogP contribution is -2.37. The molecule has 9 heteroatoms. The summed E-state index contributed by atoms with van der Waals surface area (Å²) in [5.41, 5.74) is 2.82. The highest BCUT2D eigenvalue weighted by Gasteiger charge is 2.19. The quantitative estimate of drug-likeness (QED) is 0.209. The fraction of sp³-hybridized carbons (Fsp3) is 0.280. The van der Waals surface area contributed by atoms with Crippen molar-refractivity contribution in [3.8, 4) is 0 Å². The Hall–Kier alpha value is -3.46. The second-order valence-corrected chi connectivity index (χ2v) is 8.59. The number of esters is 1. The Morgan fingerprint density at radius 3 is 2.76 bits per heavy atom. The van der Waals surface area contributed by atoms with Gasteiger partial charge in [0.1, 0.15) is 15.9 Å². The molecule has 0 spiro atoms. The molecule has 2 aromatic carbocycles. The third-order valence-corrected chi connectivity index (χ3v) is 6.62. The molecule has 0 amide bonds. The first-order valence-corrected chi connectivity index (χ1v) is 12.0. The number of rotatable bonds is 9. The zero-order valence-corrected chi connectivity index (χ0v) is 20.0. The smallest absolute Gasteiger partial charge is 0.362 e. The number of ether oxygens (including phenoxy) is 1. The molecule has 2 radical (unpaired) electrons. The standard InChI is InChI=1S/C25H25BN3O4S/c1-3-28(4-2)17-9-10-18-21(15-17)33-25(31)19(27-18)11-12-23-29(13-14-32-24(30)16-26)20-7-5-6-8-22(20)34-23/h5-12,15H,3-4,13-14,16H2,1-2H3/q+1. The van der Waals surface area contributed by atoms with E-state index in [2.05, 4.69) is 23.7 Å². The molecule has 172 valence electrons. The van der Waals surface area contributed by atoms with Crippen LogP contribution in [0.5, 0.6) is 0 Å². The number of fused-ring (bicyclic) bond motifs is 2. The van der Waals surface area contributed by atoms with E-state index in [1.54, 1.807) is 17.4 Å². The predicted molar refractivity (Wildman–Crippen MR) is 136 cm³/mol. The monoisotopic (exact) mass is 474 g/mol. The Labute approximate surface area is 202 Å². The number of hydrogen-bond acceptors (Lipinski definition) is 7. The first-order valence-electron chi connectivity index (χ1n) is 11.2. The molecule has 0 saturated heterocycles. The number of benzene rings is 2. The van der Waals surface area contributed by atoms with E-state index in [1.807, 2.05) is 53.1 Å². The number of hydrogen-bond donors (Lipinski definition) is 0. The van der Waals surface area contributed by atoms with Crippen molar-refractivity contribution in [1.29, 1.82) is 0 Å². The first-order chi connectivity index (χ1) is 16.5. The van der Waals surface area contributed by atoms with Gasteiger partial charge in [0, 0.05) is 43.3 Å². The molecule has 0 aliphatic heterocycles. The van der Waals surface area contributed by atoms with E-state index in [9.17, 15) is 9.59 Å². The SMILES string of the molecule is [B]CC(=O)OCC[n+]1c(C=Cc2nc3ccc(N(CC)CC)cc3oc2=O)sc2ccccc21. The maximum atomic E-state index is 12.6. The number of carbonyl (C=O) groups excluding carboxylic acids is 1. The maximum Gasteiger partial charge on any atom is 0.362 e. The van der Waals surface area contributed by atoms with Crippen LogP contribution in [0.25, 0.3) is 33.5 Å². The number of para-hydroxylation sites is 1. The highest BCUT2D eigenvalue weighted by molar-refractivity contribution is 7.18. The van der Waals surface area contributed by atoms with Gasteiger partial charge >= 0.3 is 5.63 Å². The summed E-state index contributed by atoms with van der Waals surface area (Å²) in [6, 6.07) is 13.7. The Bertz CT molecular complexity index is 1410. The lowest BCUT2D eigenvalue weighted by molar-refractivity contribution is -0.669. The summed E-state index contributed by atoms with van der Waals surface area (Å²) in [7, 11) is 5.32. The van der Waals surface area contributed by atoms with Crippen molar-refractivity contribution in [1.82, 2.24) is 4.98 Å². The second-order valence-electron chi connectivity index (χ2n) is 7.53. The molecule has 2 heterocycles. The van der Waals surface area contributed by atoms with Crippen LogP contribution >= 0.6 is 11.3 Å². The van der Waals surface area contributed by atoms with Crippen molar-refractivity contribution in [3.63, 3.8) is 0 Å². The van der Waals surface area contributed by atoms with Gasteiger partial charge in [0.2, 0.25) is 5.52 Å². The van der Waals surface area contributed by atoms with Gasteiger partial charge in [-0.1, -0.05) is 23.5 Å². The fourth-order valence-corrected chi connectivity index (χ4v) is 4.85. The number of thiazole rings is 1. The normalized spacial score (nSPS) is 11.5. The van der Waals surface area contributed by atoms with Crippen LogP contribution in [0.4, 0.5) is 5.69 Å². The summed E-state index contributed by atoms with van der Waals surface area (Å²) in [5, 5.41) is 0.892. The van der Waals surface area contributed by atoms with Gasteiger partial charge in [0.25, 0.3) is 11.0 Å². The van der Waals surface area contributed by atoms with Gasteiger partial charge in [-0.2, -0.15) is 4.57 Å². The third kappa shape index (κ3) is 5.04. The summed E-state index contributed by atoms with van der Waals surface area (Å²) < 4.78 is 13.9. The van der Waals surface area contributed by atoms with Crippen LogP contribution in [0.3, 0.4) is 0 Å². The molecule has 0 bridgehead atoms. The average Bonchev–Trinajstić information content (AvgIpc) is 3.20. The minimum atomic E-state index is -0.495. The van der Waals surface area contributed by atoms with Gasteiger partial charge < -0.3 is 14.1 Å². The van der Waals surface area contributed by atoms with E-state index in [1.165, 1.54) is 0 Å². The van der Waals surface area contributed by atoms with Crippen molar-refractivity contribution in [2.24, 2.45) is 0 Å². The van der Waals surface area contributed by atoms with E-state index in [4.69, 9.17) is 17.0 Å². The Morgan fingerprint density at radius 1 is 1.21 bits per heavy atom. The Kier molecular flexibility index (Phi) is 7.42. The molecule has 0 unspecified atom stereocenters. The topological polar surface area (TPSA) is 76.5 Å². The lowest BCUT2D eigenvalue weighted by Gasteiger charge is -2.20. The number of aromatic nitrogens is 2. The zero-order chi connectivity index (χ0) is 24.1. The molecule has 0 atom stereocenters. The minimum absolute atomic E-state index is 0.151. The van der Waals surface area contributed by atoms with E-state index >= 15 is 0 Å². The molecule has 4 aromatic rings. The van der Waals surface area contributed by atoms with Crippen molar-refractivity contribution >= 4 is 64.3 Å². The summed E-state index contributed by atoms with van der Waals surface area (Å²) in [6.07, 6.45) is 3.35. The predicted octanol–water partition coefficient (Wildman–Crippen LogP) is 3.84. The summed E-state index contributed by atoms with van der Waals surface area (Å²) in [5.74, 6) is -0.445. The molecule has 0 saturated carbocycles. The van der Waals surface area contributed by atoms with Crippen LogP contribution in [0, 0.1) is 0 Å². The second kappa shape index (κ2) is 10.6. The zero-order valence-electron chi connectivity index (χ0n) is 19.2. The molecule has 0 fully saturated rings. The van der Waals surface area contributed by atoms with E-state index in [0.717, 1.165) is 34.0 Å². The van der Waals surface area contributed by atoms with Crippen molar-refractivity contribution in [2.45, 2.75) is 26.7 Å². The molecule has 34 heavy (non-hydrogen) atoms. The van der Waals surface area contributed by atoms with Crippen molar-refractivity contribution < 1.29 is 18.5 Å². The molecule has 0 N–H and O–H groups in total. The summed E-state index contributed by atoms with van der Waals surface area (Å²) in [6.45, 7) is 6.55. The van der Waals surface area contributed by atoms with E-state index in [-0.39, 0.29) is 18.6 Å². The first kappa shape index (κ1) is 23.7. The largest absolute Gasteiger partial charge is 0.459 e. The molecule has 4 rings (SSSR count). The van der Waals surface area contributed by atoms with Gasteiger partial charge in [-0.05, 0) is 38.1 Å². The van der Waals surface area contributed by atoms with Crippen molar-refractivity contribution in [2.75, 3.05) is 24.6 Å². The van der Waals surface area contributed by atoms with Gasteiger partial charge in [0.05, 0.1) is 7.85 Å². The van der Waals surface area contributed by atoms with Crippen LogP contribution in [-0.2, 0) is 16.1 Å². The summed E-state index contributed by atoms with van der Waals surface area (Å²) >= 11 is 1.57. The van der Waals surface area contributed by atoms with Crippen LogP contribution in [0.1, 0.15) is 24.5 Å². The van der Waals surface area contributed by atoms with Gasteiger partial charge in [-0.3, -0.25) is 4.79 Å². The highest BCUT2D eigenvalue weighted by atomic mass is 32.1. The van der Waals surface area contributed by atoms with Gasteiger partial charge in [-0.25, -0.2) is 9.78 Å². The van der Waals surface area contributed by atoms with Gasteiger partial charge in [-0.15, -0.1) is 0 Å². The van der Waals surface area contributed by atoms with Crippen LogP contribution < -0.4 is 15.1 Å². The Balaban J connectivity index is 1.65. The van der Waals surface area contributed by atoms with Crippen molar-refractivity contribution in [3.05, 3.63) is 63.6 Å². The Morgan fingerprint density at radius 2 is 2.00 bits per heavy atom. The summed E-state index contributed by atoms with van der Waals surface area (Å²) in [4.78, 5) is 30.8. The van der Waals surface area contributed by atoms with Gasteiger partial charge in [0.15, 0.2) is 18.7 Å². The molecule has 0 aliphatic rings. The number of anilines is 1. The fourth-order valence-electron chi connectivity index (χ4n) is 3.76. The molecule has 2 aromatic heterocycles. The number of carbonyl (C=O) groups is 1. The van der Waals surface area contributed by atoms with Crippen LogP contribution in [0.2, 0.25) is 6.32 Å². The highest BCUT2D eigenvalue weighted by Crippen LogP contribution is 2.23. The minimum Gasteiger partial charge on any atom is -0.459 e. The molecular weight excluding hydrogens is 449 g/mol. The molecule has 0 aliphatic carbocycles. The van der Waals surface area contributed by atoms with E-state index < -0.39 is 11.6 Å². The van der Waals surface area contributed by atoms with Crippen LogP contribution in [0.15, 0.2) is 51.7 Å².